The number of nitrogen functional groups attached to an aromatic ring is 1. The molecule has 1 aromatic heterocycles. The van der Waals surface area contributed by atoms with Gasteiger partial charge in [-0.1, -0.05) is 23.7 Å². The molecule has 1 unspecified atom stereocenters. The van der Waals surface area contributed by atoms with Crippen molar-refractivity contribution in [3.8, 4) is 0 Å². The summed E-state index contributed by atoms with van der Waals surface area (Å²) in [6.07, 6.45) is 1.69. The Bertz CT molecular complexity index is 496. The molecule has 2 aromatic rings. The molecule has 88 valence electrons. The van der Waals surface area contributed by atoms with Crippen molar-refractivity contribution in [3.05, 3.63) is 53.2 Å². The molecule has 2 rings (SSSR count). The number of nitrogens with two attached hydrogens (primary N) is 1. The first-order valence-electron chi connectivity index (χ1n) is 5.38. The van der Waals surface area contributed by atoms with E-state index in [-0.39, 0.29) is 6.04 Å². The molecule has 3 N–H and O–H groups in total. The molecule has 0 fully saturated rings. The van der Waals surface area contributed by atoms with Gasteiger partial charge in [0.05, 0.1) is 0 Å². The van der Waals surface area contributed by atoms with Crippen LogP contribution in [0.1, 0.15) is 18.5 Å². The minimum atomic E-state index is 0.154. The van der Waals surface area contributed by atoms with Crippen molar-refractivity contribution in [2.45, 2.75) is 13.0 Å². The third-order valence-electron chi connectivity index (χ3n) is 2.52. The van der Waals surface area contributed by atoms with Gasteiger partial charge in [0.2, 0.25) is 0 Å². The summed E-state index contributed by atoms with van der Waals surface area (Å²) in [5.74, 6) is 0.771. The lowest BCUT2D eigenvalue weighted by atomic mass is 10.1. The topological polar surface area (TPSA) is 50.9 Å². The van der Waals surface area contributed by atoms with E-state index >= 15 is 0 Å². The average Bonchev–Trinajstić information content (AvgIpc) is 2.29. The predicted molar refractivity (Wildman–Crippen MR) is 72.1 cm³/mol. The molecule has 17 heavy (non-hydrogen) atoms. The largest absolute Gasteiger partial charge is 0.399 e. The Hall–Kier alpha value is -1.74. The predicted octanol–water partition coefficient (Wildman–Crippen LogP) is 3.49. The highest BCUT2D eigenvalue weighted by Crippen LogP contribution is 2.20. The molecular formula is C13H14ClN3. The number of nitrogens with zero attached hydrogens (tertiary/aromatic N) is 1. The minimum absolute atomic E-state index is 0.154. The Balaban J connectivity index is 2.11. The number of benzene rings is 1. The van der Waals surface area contributed by atoms with Gasteiger partial charge in [-0.05, 0) is 30.7 Å². The van der Waals surface area contributed by atoms with E-state index in [9.17, 15) is 0 Å². The van der Waals surface area contributed by atoms with Crippen LogP contribution in [0.2, 0.25) is 5.02 Å². The second kappa shape index (κ2) is 5.06. The standard InChI is InChI=1S/C13H14ClN3/c1-9(10-2-4-11(14)5-3-10)17-13-8-12(15)6-7-16-13/h2-9H,1H3,(H3,15,16,17). The van der Waals surface area contributed by atoms with E-state index in [1.165, 1.54) is 0 Å². The van der Waals surface area contributed by atoms with Gasteiger partial charge in [-0.3, -0.25) is 0 Å². The van der Waals surface area contributed by atoms with Crippen molar-refractivity contribution in [2.24, 2.45) is 0 Å². The van der Waals surface area contributed by atoms with Crippen LogP contribution in [0.3, 0.4) is 0 Å². The maximum Gasteiger partial charge on any atom is 0.128 e. The van der Waals surface area contributed by atoms with E-state index in [2.05, 4.69) is 17.2 Å². The Morgan fingerprint density at radius 2 is 1.94 bits per heavy atom. The van der Waals surface area contributed by atoms with Gasteiger partial charge in [0.15, 0.2) is 0 Å². The monoisotopic (exact) mass is 247 g/mol. The number of rotatable bonds is 3. The zero-order valence-electron chi connectivity index (χ0n) is 9.52. The first-order valence-corrected chi connectivity index (χ1v) is 5.76. The van der Waals surface area contributed by atoms with Crippen molar-refractivity contribution < 1.29 is 0 Å². The molecular weight excluding hydrogens is 234 g/mol. The average molecular weight is 248 g/mol. The summed E-state index contributed by atoms with van der Waals surface area (Å²) in [4.78, 5) is 4.21. The molecule has 4 heteroatoms. The second-order valence-electron chi connectivity index (χ2n) is 3.89. The molecule has 1 atom stereocenters. The van der Waals surface area contributed by atoms with Crippen molar-refractivity contribution in [1.29, 1.82) is 0 Å². The lowest BCUT2D eigenvalue weighted by molar-refractivity contribution is 0.875. The van der Waals surface area contributed by atoms with E-state index in [0.717, 1.165) is 16.4 Å². The van der Waals surface area contributed by atoms with E-state index in [4.69, 9.17) is 17.3 Å². The van der Waals surface area contributed by atoms with Crippen LogP contribution < -0.4 is 11.1 Å². The van der Waals surface area contributed by atoms with E-state index in [0.29, 0.717) is 5.69 Å². The molecule has 0 amide bonds. The number of hydrogen-bond donors (Lipinski definition) is 2. The molecule has 3 nitrogen and oxygen atoms in total. The fraction of sp³-hybridized carbons (Fsp3) is 0.154. The SMILES string of the molecule is CC(Nc1cc(N)ccn1)c1ccc(Cl)cc1. The van der Waals surface area contributed by atoms with E-state index in [1.807, 2.05) is 30.3 Å². The zero-order chi connectivity index (χ0) is 12.3. The molecule has 0 spiro atoms. The van der Waals surface area contributed by atoms with Crippen LogP contribution in [0.5, 0.6) is 0 Å². The fourth-order valence-corrected chi connectivity index (χ4v) is 1.71. The molecule has 0 aliphatic heterocycles. The highest BCUT2D eigenvalue weighted by Gasteiger charge is 2.05. The first kappa shape index (κ1) is 11.7. The molecule has 0 aliphatic rings. The van der Waals surface area contributed by atoms with Gasteiger partial charge in [-0.25, -0.2) is 4.98 Å². The molecule has 0 saturated carbocycles. The summed E-state index contributed by atoms with van der Waals surface area (Å²) < 4.78 is 0. The van der Waals surface area contributed by atoms with Crippen LogP contribution in [0.15, 0.2) is 42.6 Å². The summed E-state index contributed by atoms with van der Waals surface area (Å²) in [6, 6.07) is 11.5. The van der Waals surface area contributed by atoms with Crippen molar-refractivity contribution >= 4 is 23.1 Å². The van der Waals surface area contributed by atoms with Crippen molar-refractivity contribution in [1.82, 2.24) is 4.98 Å². The number of pyridine rings is 1. The molecule has 0 bridgehead atoms. The minimum Gasteiger partial charge on any atom is -0.399 e. The molecule has 0 saturated heterocycles. The molecule has 1 aromatic carbocycles. The summed E-state index contributed by atoms with van der Waals surface area (Å²) in [5, 5.41) is 4.02. The zero-order valence-corrected chi connectivity index (χ0v) is 10.3. The van der Waals surface area contributed by atoms with E-state index < -0.39 is 0 Å². The molecule has 1 heterocycles. The van der Waals surface area contributed by atoms with Crippen LogP contribution >= 0.6 is 11.6 Å². The molecule has 0 aliphatic carbocycles. The lowest BCUT2D eigenvalue weighted by Gasteiger charge is -2.15. The third-order valence-corrected chi connectivity index (χ3v) is 2.77. The van der Waals surface area contributed by atoms with Crippen LogP contribution in [0.25, 0.3) is 0 Å². The molecule has 0 radical (unpaired) electrons. The van der Waals surface area contributed by atoms with Gasteiger partial charge in [0.1, 0.15) is 5.82 Å². The Kier molecular flexibility index (Phi) is 3.49. The summed E-state index contributed by atoms with van der Waals surface area (Å²) >= 11 is 5.85. The van der Waals surface area contributed by atoms with Crippen LogP contribution in [0.4, 0.5) is 11.5 Å². The Morgan fingerprint density at radius 1 is 1.24 bits per heavy atom. The van der Waals surface area contributed by atoms with Gasteiger partial charge in [0.25, 0.3) is 0 Å². The van der Waals surface area contributed by atoms with Crippen molar-refractivity contribution in [3.63, 3.8) is 0 Å². The third kappa shape index (κ3) is 3.11. The maximum absolute atomic E-state index is 5.85. The lowest BCUT2D eigenvalue weighted by Crippen LogP contribution is -2.07. The van der Waals surface area contributed by atoms with E-state index in [1.54, 1.807) is 12.3 Å². The normalized spacial score (nSPS) is 12.1. The second-order valence-corrected chi connectivity index (χ2v) is 4.33. The number of nitrogens with one attached hydrogen (secondary N) is 1. The maximum atomic E-state index is 5.85. The Morgan fingerprint density at radius 3 is 2.59 bits per heavy atom. The number of aromatic nitrogens is 1. The number of hydrogen-bond acceptors (Lipinski definition) is 3. The van der Waals surface area contributed by atoms with Gasteiger partial charge < -0.3 is 11.1 Å². The van der Waals surface area contributed by atoms with Gasteiger partial charge in [0, 0.05) is 29.0 Å². The Labute approximate surface area is 106 Å². The van der Waals surface area contributed by atoms with Crippen LogP contribution in [-0.2, 0) is 0 Å². The fourth-order valence-electron chi connectivity index (χ4n) is 1.58. The van der Waals surface area contributed by atoms with Crippen LogP contribution in [-0.4, -0.2) is 4.98 Å². The summed E-state index contributed by atoms with van der Waals surface area (Å²) in [6.45, 7) is 2.06. The van der Waals surface area contributed by atoms with Gasteiger partial charge in [-0.2, -0.15) is 0 Å². The van der Waals surface area contributed by atoms with Gasteiger partial charge >= 0.3 is 0 Å². The van der Waals surface area contributed by atoms with Gasteiger partial charge in [-0.15, -0.1) is 0 Å². The quantitative estimate of drug-likeness (QED) is 0.873. The number of halogens is 1. The highest BCUT2D eigenvalue weighted by atomic mass is 35.5. The first-order chi connectivity index (χ1) is 8.15. The number of anilines is 2. The smallest absolute Gasteiger partial charge is 0.128 e. The highest BCUT2D eigenvalue weighted by molar-refractivity contribution is 6.30. The van der Waals surface area contributed by atoms with Crippen molar-refractivity contribution in [2.75, 3.05) is 11.1 Å². The summed E-state index contributed by atoms with van der Waals surface area (Å²) in [7, 11) is 0. The summed E-state index contributed by atoms with van der Waals surface area (Å²) in [5.41, 5.74) is 7.55. The van der Waals surface area contributed by atoms with Crippen LogP contribution in [0, 0.1) is 0 Å².